The summed E-state index contributed by atoms with van der Waals surface area (Å²) >= 11 is 0. The second kappa shape index (κ2) is 8.61. The Kier molecular flexibility index (Phi) is 6.40. The molecule has 3 rings (SSSR count). The monoisotopic (exact) mass is 407 g/mol. The van der Waals surface area contributed by atoms with Gasteiger partial charge in [0.2, 0.25) is 10.0 Å². The standard InChI is InChI=1S/C20H29N3O4S/c1-14-6-7-15(2)18(13-14)28(26,27)23-12-4-3-5-17(23)10-11-21-19(24)20(25)22-16-8-9-16/h6-7,13,16-17H,3-5,8-12H2,1-2H3,(H,21,24)(H,22,25)/t17-/m1/s1. The number of carbonyl (C=O) groups is 2. The van der Waals surface area contributed by atoms with E-state index in [9.17, 15) is 18.0 Å². The van der Waals surface area contributed by atoms with E-state index in [-0.39, 0.29) is 18.6 Å². The molecule has 1 aromatic rings. The number of hydrogen-bond acceptors (Lipinski definition) is 4. The van der Waals surface area contributed by atoms with Gasteiger partial charge in [0.05, 0.1) is 4.90 Å². The van der Waals surface area contributed by atoms with Crippen LogP contribution in [0.2, 0.25) is 0 Å². The number of aryl methyl sites for hydroxylation is 2. The Balaban J connectivity index is 1.64. The lowest BCUT2D eigenvalue weighted by molar-refractivity contribution is -0.139. The summed E-state index contributed by atoms with van der Waals surface area (Å²) in [6.07, 6.45) is 4.88. The maximum atomic E-state index is 13.3. The van der Waals surface area contributed by atoms with Crippen LogP contribution in [0.5, 0.6) is 0 Å². The predicted octanol–water partition coefficient (Wildman–Crippen LogP) is 1.63. The van der Waals surface area contributed by atoms with Gasteiger partial charge in [-0.2, -0.15) is 4.31 Å². The summed E-state index contributed by atoms with van der Waals surface area (Å²) in [6, 6.07) is 5.42. The molecule has 7 nitrogen and oxygen atoms in total. The number of nitrogens with zero attached hydrogens (tertiary/aromatic N) is 1. The first-order chi connectivity index (χ1) is 13.3. The highest BCUT2D eigenvalue weighted by Gasteiger charge is 2.34. The van der Waals surface area contributed by atoms with Crippen LogP contribution in [0.25, 0.3) is 0 Å². The van der Waals surface area contributed by atoms with E-state index in [0.717, 1.165) is 43.2 Å². The van der Waals surface area contributed by atoms with Gasteiger partial charge in [0.25, 0.3) is 0 Å². The molecule has 2 aliphatic rings. The fourth-order valence-corrected chi connectivity index (χ4v) is 5.64. The van der Waals surface area contributed by atoms with E-state index in [0.29, 0.717) is 17.9 Å². The molecule has 0 radical (unpaired) electrons. The van der Waals surface area contributed by atoms with Crippen molar-refractivity contribution in [3.8, 4) is 0 Å². The molecule has 0 bridgehead atoms. The molecule has 2 N–H and O–H groups in total. The highest BCUT2D eigenvalue weighted by molar-refractivity contribution is 7.89. The second-order valence-electron chi connectivity index (χ2n) is 7.83. The topological polar surface area (TPSA) is 95.6 Å². The van der Waals surface area contributed by atoms with Crippen LogP contribution in [0, 0.1) is 13.8 Å². The number of benzene rings is 1. The highest BCUT2D eigenvalue weighted by atomic mass is 32.2. The van der Waals surface area contributed by atoms with Crippen molar-refractivity contribution < 1.29 is 18.0 Å². The third-order valence-corrected chi connectivity index (χ3v) is 7.48. The van der Waals surface area contributed by atoms with Gasteiger partial charge < -0.3 is 10.6 Å². The second-order valence-corrected chi connectivity index (χ2v) is 9.69. The summed E-state index contributed by atoms with van der Waals surface area (Å²) in [5.41, 5.74) is 1.65. The number of nitrogens with one attached hydrogen (secondary N) is 2. The predicted molar refractivity (Wildman–Crippen MR) is 106 cm³/mol. The third kappa shape index (κ3) is 4.91. The van der Waals surface area contributed by atoms with Crippen LogP contribution >= 0.6 is 0 Å². The van der Waals surface area contributed by atoms with Crippen LogP contribution in [0.1, 0.15) is 49.7 Å². The average molecular weight is 408 g/mol. The summed E-state index contributed by atoms with van der Waals surface area (Å²) < 4.78 is 28.1. The van der Waals surface area contributed by atoms with Gasteiger partial charge in [-0.1, -0.05) is 18.6 Å². The van der Waals surface area contributed by atoms with Crippen LogP contribution in [0.4, 0.5) is 0 Å². The van der Waals surface area contributed by atoms with Gasteiger partial charge in [-0.15, -0.1) is 0 Å². The fraction of sp³-hybridized carbons (Fsp3) is 0.600. The molecule has 0 spiro atoms. The summed E-state index contributed by atoms with van der Waals surface area (Å²) in [5.74, 6) is -1.25. The summed E-state index contributed by atoms with van der Waals surface area (Å²) in [7, 11) is -3.60. The molecule has 1 aromatic carbocycles. The molecule has 8 heteroatoms. The first kappa shape index (κ1) is 20.8. The minimum absolute atomic E-state index is 0.134. The number of amides is 2. The normalized spacial score (nSPS) is 20.6. The van der Waals surface area contributed by atoms with Gasteiger partial charge in [-0.25, -0.2) is 8.42 Å². The molecule has 2 fully saturated rings. The van der Waals surface area contributed by atoms with Crippen molar-refractivity contribution in [2.24, 2.45) is 0 Å². The number of carbonyl (C=O) groups excluding carboxylic acids is 2. The fourth-order valence-electron chi connectivity index (χ4n) is 3.60. The largest absolute Gasteiger partial charge is 0.348 e. The maximum Gasteiger partial charge on any atom is 0.309 e. The van der Waals surface area contributed by atoms with E-state index in [2.05, 4.69) is 10.6 Å². The minimum atomic E-state index is -3.60. The van der Waals surface area contributed by atoms with Gasteiger partial charge in [-0.05, 0) is 63.1 Å². The van der Waals surface area contributed by atoms with E-state index in [1.807, 2.05) is 26.0 Å². The molecular weight excluding hydrogens is 378 g/mol. The lowest BCUT2D eigenvalue weighted by Gasteiger charge is -2.35. The molecule has 2 amide bonds. The molecule has 154 valence electrons. The summed E-state index contributed by atoms with van der Waals surface area (Å²) in [4.78, 5) is 24.0. The molecule has 1 aliphatic carbocycles. The van der Waals surface area contributed by atoms with Crippen molar-refractivity contribution in [3.63, 3.8) is 0 Å². The zero-order valence-corrected chi connectivity index (χ0v) is 17.3. The Morgan fingerprint density at radius 2 is 1.86 bits per heavy atom. The quantitative estimate of drug-likeness (QED) is 0.701. The zero-order chi connectivity index (χ0) is 20.3. The smallest absolute Gasteiger partial charge is 0.309 e. The van der Waals surface area contributed by atoms with Crippen LogP contribution in [0.3, 0.4) is 0 Å². The lowest BCUT2D eigenvalue weighted by Crippen LogP contribution is -2.46. The molecule has 0 unspecified atom stereocenters. The molecule has 0 aromatic heterocycles. The van der Waals surface area contributed by atoms with E-state index >= 15 is 0 Å². The van der Waals surface area contributed by atoms with Gasteiger partial charge >= 0.3 is 11.8 Å². The molecule has 1 aliphatic heterocycles. The molecule has 1 atom stereocenters. The van der Waals surface area contributed by atoms with Gasteiger partial charge in [0.1, 0.15) is 0 Å². The minimum Gasteiger partial charge on any atom is -0.348 e. The van der Waals surface area contributed by atoms with Crippen molar-refractivity contribution in [2.45, 2.75) is 69.4 Å². The van der Waals surface area contributed by atoms with Crippen molar-refractivity contribution >= 4 is 21.8 Å². The van der Waals surface area contributed by atoms with E-state index in [4.69, 9.17) is 0 Å². The molecule has 1 heterocycles. The first-order valence-corrected chi connectivity index (χ1v) is 11.4. The number of hydrogen-bond donors (Lipinski definition) is 2. The third-order valence-electron chi connectivity index (χ3n) is 5.39. The Morgan fingerprint density at radius 3 is 2.57 bits per heavy atom. The van der Waals surface area contributed by atoms with E-state index in [1.54, 1.807) is 10.4 Å². The van der Waals surface area contributed by atoms with Gasteiger partial charge in [0.15, 0.2) is 0 Å². The Labute approximate surface area is 166 Å². The summed E-state index contributed by atoms with van der Waals surface area (Å²) in [5, 5.41) is 5.27. The zero-order valence-electron chi connectivity index (χ0n) is 16.5. The Bertz CT molecular complexity index is 849. The van der Waals surface area contributed by atoms with Gasteiger partial charge in [0, 0.05) is 25.2 Å². The first-order valence-electron chi connectivity index (χ1n) is 9.97. The Hall–Kier alpha value is -1.93. The van der Waals surface area contributed by atoms with Crippen molar-refractivity contribution in [3.05, 3.63) is 29.3 Å². The number of piperidine rings is 1. The van der Waals surface area contributed by atoms with Crippen LogP contribution < -0.4 is 10.6 Å². The van der Waals surface area contributed by atoms with Crippen LogP contribution in [-0.4, -0.2) is 49.7 Å². The number of rotatable bonds is 6. The molecule has 1 saturated heterocycles. The highest BCUT2D eigenvalue weighted by Crippen LogP contribution is 2.29. The van der Waals surface area contributed by atoms with E-state index in [1.165, 1.54) is 0 Å². The lowest BCUT2D eigenvalue weighted by atomic mass is 10.0. The SMILES string of the molecule is Cc1ccc(C)c(S(=O)(=O)N2CCCC[C@@H]2CCNC(=O)C(=O)NC2CC2)c1. The molecule has 28 heavy (non-hydrogen) atoms. The van der Waals surface area contributed by atoms with Gasteiger partial charge in [-0.3, -0.25) is 9.59 Å². The summed E-state index contributed by atoms with van der Waals surface area (Å²) in [6.45, 7) is 4.45. The maximum absolute atomic E-state index is 13.3. The van der Waals surface area contributed by atoms with Crippen molar-refractivity contribution in [2.75, 3.05) is 13.1 Å². The van der Waals surface area contributed by atoms with Crippen LogP contribution in [0.15, 0.2) is 23.1 Å². The van der Waals surface area contributed by atoms with E-state index < -0.39 is 21.8 Å². The molecular formula is C20H29N3O4S. The average Bonchev–Trinajstić information content (AvgIpc) is 3.47. The van der Waals surface area contributed by atoms with Crippen molar-refractivity contribution in [1.82, 2.24) is 14.9 Å². The van der Waals surface area contributed by atoms with Crippen LogP contribution in [-0.2, 0) is 19.6 Å². The molecule has 1 saturated carbocycles. The van der Waals surface area contributed by atoms with Crippen molar-refractivity contribution in [1.29, 1.82) is 0 Å². The Morgan fingerprint density at radius 1 is 1.11 bits per heavy atom. The number of sulfonamides is 1.